The van der Waals surface area contributed by atoms with E-state index in [0.717, 1.165) is 32.5 Å². The summed E-state index contributed by atoms with van der Waals surface area (Å²) in [5, 5.41) is 2.85. The van der Waals surface area contributed by atoms with Gasteiger partial charge in [0.1, 0.15) is 6.04 Å². The molecule has 2 atom stereocenters. The molecular formula is C16H29N3O2. The van der Waals surface area contributed by atoms with Crippen LogP contribution < -0.4 is 5.32 Å². The monoisotopic (exact) mass is 295 g/mol. The second kappa shape index (κ2) is 7.25. The van der Waals surface area contributed by atoms with Crippen LogP contribution in [0.25, 0.3) is 0 Å². The number of rotatable bonds is 5. The third-order valence-corrected chi connectivity index (χ3v) is 5.09. The molecule has 2 rings (SSSR count). The fraction of sp³-hybridized carbons (Fsp3) is 0.875. The summed E-state index contributed by atoms with van der Waals surface area (Å²) < 4.78 is 0. The van der Waals surface area contributed by atoms with E-state index in [2.05, 4.69) is 24.2 Å². The topological polar surface area (TPSA) is 52.7 Å². The minimum atomic E-state index is -0.325. The number of carbonyl (C=O) groups excluding carboxylic acids is 2. The van der Waals surface area contributed by atoms with E-state index in [1.165, 1.54) is 12.8 Å². The second-order valence-corrected chi connectivity index (χ2v) is 6.73. The highest BCUT2D eigenvalue weighted by molar-refractivity contribution is 5.95. The van der Waals surface area contributed by atoms with Crippen LogP contribution in [0.3, 0.4) is 0 Å². The second-order valence-electron chi connectivity index (χ2n) is 6.73. The van der Waals surface area contributed by atoms with Crippen molar-refractivity contribution >= 4 is 11.8 Å². The van der Waals surface area contributed by atoms with Crippen LogP contribution in [0.2, 0.25) is 0 Å². The molecule has 2 aliphatic rings. The third-order valence-electron chi connectivity index (χ3n) is 5.09. The molecule has 0 spiro atoms. The summed E-state index contributed by atoms with van der Waals surface area (Å²) in [6.07, 6.45) is 4.35. The lowest BCUT2D eigenvalue weighted by Crippen LogP contribution is -2.60. The predicted molar refractivity (Wildman–Crippen MR) is 82.8 cm³/mol. The summed E-state index contributed by atoms with van der Waals surface area (Å²) in [5.74, 6) is 0.994. The summed E-state index contributed by atoms with van der Waals surface area (Å²) in [7, 11) is 2.16. The number of nitrogens with one attached hydrogen (secondary N) is 1. The standard InChI is InChI=1S/C16H29N3O2/c1-4-12(2)15-16(21)19(11-14(20)17-15)10-7-13-5-8-18(3)9-6-13/h12-13,15H,4-11H2,1-3H3,(H,17,20). The number of piperazine rings is 1. The molecule has 0 radical (unpaired) electrons. The Kier molecular flexibility index (Phi) is 5.62. The minimum Gasteiger partial charge on any atom is -0.342 e. The zero-order valence-corrected chi connectivity index (χ0v) is 13.6. The van der Waals surface area contributed by atoms with Gasteiger partial charge in [-0.15, -0.1) is 0 Å². The van der Waals surface area contributed by atoms with Gasteiger partial charge in [0.25, 0.3) is 0 Å². The lowest BCUT2D eigenvalue weighted by atomic mass is 9.92. The van der Waals surface area contributed by atoms with Crippen molar-refractivity contribution in [2.24, 2.45) is 11.8 Å². The number of amides is 2. The molecule has 2 aliphatic heterocycles. The van der Waals surface area contributed by atoms with Crippen LogP contribution >= 0.6 is 0 Å². The molecule has 21 heavy (non-hydrogen) atoms. The Hall–Kier alpha value is -1.10. The summed E-state index contributed by atoms with van der Waals surface area (Å²) in [6.45, 7) is 7.35. The van der Waals surface area contributed by atoms with Gasteiger partial charge in [-0.1, -0.05) is 20.3 Å². The Bertz CT molecular complexity index is 378. The molecule has 2 fully saturated rings. The lowest BCUT2D eigenvalue weighted by Gasteiger charge is -2.36. The van der Waals surface area contributed by atoms with E-state index >= 15 is 0 Å². The van der Waals surface area contributed by atoms with Gasteiger partial charge in [-0.2, -0.15) is 0 Å². The van der Waals surface area contributed by atoms with E-state index in [1.807, 2.05) is 6.92 Å². The van der Waals surface area contributed by atoms with Crippen molar-refractivity contribution < 1.29 is 9.59 Å². The summed E-state index contributed by atoms with van der Waals surface area (Å²) >= 11 is 0. The molecule has 0 aliphatic carbocycles. The van der Waals surface area contributed by atoms with Crippen LogP contribution in [-0.4, -0.2) is 60.9 Å². The fourth-order valence-electron chi connectivity index (χ4n) is 3.23. The first-order valence-corrected chi connectivity index (χ1v) is 8.28. The zero-order valence-electron chi connectivity index (χ0n) is 13.6. The largest absolute Gasteiger partial charge is 0.342 e. The number of hydrogen-bond donors (Lipinski definition) is 1. The summed E-state index contributed by atoms with van der Waals surface area (Å²) in [5.41, 5.74) is 0. The Morgan fingerprint density at radius 2 is 1.95 bits per heavy atom. The SMILES string of the molecule is CCC(C)C1NC(=O)CN(CCC2CCN(C)CC2)C1=O. The molecule has 0 aromatic carbocycles. The highest BCUT2D eigenvalue weighted by Crippen LogP contribution is 2.21. The number of nitrogens with zero attached hydrogens (tertiary/aromatic N) is 2. The van der Waals surface area contributed by atoms with Crippen LogP contribution in [0.4, 0.5) is 0 Å². The van der Waals surface area contributed by atoms with Gasteiger partial charge in [-0.3, -0.25) is 9.59 Å². The van der Waals surface area contributed by atoms with E-state index in [9.17, 15) is 9.59 Å². The molecule has 2 amide bonds. The smallest absolute Gasteiger partial charge is 0.245 e. The van der Waals surface area contributed by atoms with Gasteiger partial charge in [0.2, 0.25) is 11.8 Å². The molecule has 2 heterocycles. The van der Waals surface area contributed by atoms with Crippen molar-refractivity contribution in [1.29, 1.82) is 0 Å². The summed E-state index contributed by atoms with van der Waals surface area (Å²) in [4.78, 5) is 28.5. The molecule has 120 valence electrons. The molecule has 0 saturated carbocycles. The van der Waals surface area contributed by atoms with E-state index in [0.29, 0.717) is 5.92 Å². The molecule has 2 saturated heterocycles. The van der Waals surface area contributed by atoms with Crippen LogP contribution in [0.1, 0.15) is 39.5 Å². The minimum absolute atomic E-state index is 0.0109. The van der Waals surface area contributed by atoms with Gasteiger partial charge in [0.15, 0.2) is 0 Å². The molecule has 0 bridgehead atoms. The van der Waals surface area contributed by atoms with Crippen LogP contribution in [0.15, 0.2) is 0 Å². The zero-order chi connectivity index (χ0) is 15.4. The van der Waals surface area contributed by atoms with Crippen molar-refractivity contribution in [2.75, 3.05) is 33.2 Å². The summed E-state index contributed by atoms with van der Waals surface area (Å²) in [6, 6.07) is -0.325. The Balaban J connectivity index is 1.86. The number of piperidine rings is 1. The van der Waals surface area contributed by atoms with Crippen molar-refractivity contribution in [3.05, 3.63) is 0 Å². The maximum absolute atomic E-state index is 12.5. The van der Waals surface area contributed by atoms with Crippen molar-refractivity contribution in [3.63, 3.8) is 0 Å². The van der Waals surface area contributed by atoms with Gasteiger partial charge in [-0.25, -0.2) is 0 Å². The number of hydrogen-bond acceptors (Lipinski definition) is 3. The van der Waals surface area contributed by atoms with Crippen molar-refractivity contribution in [1.82, 2.24) is 15.1 Å². The van der Waals surface area contributed by atoms with Gasteiger partial charge in [-0.05, 0) is 51.2 Å². The van der Waals surface area contributed by atoms with E-state index in [1.54, 1.807) is 4.90 Å². The molecule has 5 nitrogen and oxygen atoms in total. The average Bonchev–Trinajstić information content (AvgIpc) is 2.48. The predicted octanol–water partition coefficient (Wildman–Crippen LogP) is 1.09. The first-order valence-electron chi connectivity index (χ1n) is 8.28. The quantitative estimate of drug-likeness (QED) is 0.826. The third kappa shape index (κ3) is 4.19. The van der Waals surface area contributed by atoms with Crippen molar-refractivity contribution in [2.45, 2.75) is 45.6 Å². The normalized spacial score (nSPS) is 26.8. The van der Waals surface area contributed by atoms with Crippen LogP contribution in [0, 0.1) is 11.8 Å². The Morgan fingerprint density at radius 1 is 1.29 bits per heavy atom. The van der Waals surface area contributed by atoms with E-state index in [4.69, 9.17) is 0 Å². The first kappa shape index (κ1) is 16.3. The highest BCUT2D eigenvalue weighted by atomic mass is 16.2. The Morgan fingerprint density at radius 3 is 2.57 bits per heavy atom. The number of carbonyl (C=O) groups is 2. The van der Waals surface area contributed by atoms with Gasteiger partial charge in [0.05, 0.1) is 6.54 Å². The maximum Gasteiger partial charge on any atom is 0.245 e. The van der Waals surface area contributed by atoms with Gasteiger partial charge < -0.3 is 15.1 Å². The van der Waals surface area contributed by atoms with Crippen molar-refractivity contribution in [3.8, 4) is 0 Å². The van der Waals surface area contributed by atoms with E-state index in [-0.39, 0.29) is 30.3 Å². The molecule has 5 heteroatoms. The van der Waals surface area contributed by atoms with Gasteiger partial charge >= 0.3 is 0 Å². The molecule has 2 unspecified atom stereocenters. The fourth-order valence-corrected chi connectivity index (χ4v) is 3.23. The number of likely N-dealkylation sites (tertiary alicyclic amines) is 1. The molecule has 0 aromatic rings. The van der Waals surface area contributed by atoms with Crippen LogP contribution in [0.5, 0.6) is 0 Å². The lowest BCUT2D eigenvalue weighted by molar-refractivity contribution is -0.146. The molecule has 1 N–H and O–H groups in total. The molecule has 0 aromatic heterocycles. The molecular weight excluding hydrogens is 266 g/mol. The average molecular weight is 295 g/mol. The van der Waals surface area contributed by atoms with Crippen LogP contribution in [-0.2, 0) is 9.59 Å². The Labute approximate surface area is 128 Å². The highest BCUT2D eigenvalue weighted by Gasteiger charge is 2.35. The first-order chi connectivity index (χ1) is 10.0. The maximum atomic E-state index is 12.5. The van der Waals surface area contributed by atoms with Gasteiger partial charge in [0, 0.05) is 6.54 Å². The van der Waals surface area contributed by atoms with E-state index < -0.39 is 0 Å².